The average molecular weight is 551 g/mol. The van der Waals surface area contributed by atoms with E-state index in [9.17, 15) is 24.3 Å². The van der Waals surface area contributed by atoms with Crippen LogP contribution in [0.25, 0.3) is 5.82 Å². The van der Waals surface area contributed by atoms with Crippen molar-refractivity contribution in [3.63, 3.8) is 0 Å². The minimum absolute atomic E-state index is 0.0852. The third kappa shape index (κ3) is 6.60. The Labute approximate surface area is 230 Å². The summed E-state index contributed by atoms with van der Waals surface area (Å²) in [5.74, 6) is -0.163. The predicted molar refractivity (Wildman–Crippen MR) is 147 cm³/mol. The summed E-state index contributed by atoms with van der Waals surface area (Å²) in [5, 5.41) is 19.9. The number of nitrogens with zero attached hydrogens (tertiary/aromatic N) is 4. The molecule has 0 radical (unpaired) electrons. The van der Waals surface area contributed by atoms with Crippen molar-refractivity contribution in [3.8, 4) is 11.9 Å². The molecule has 10 heteroatoms. The number of aliphatic hydroxyl groups is 1. The quantitative estimate of drug-likeness (QED) is 0.219. The number of benzene rings is 1. The van der Waals surface area contributed by atoms with Crippen molar-refractivity contribution in [2.45, 2.75) is 46.8 Å². The van der Waals surface area contributed by atoms with Crippen LogP contribution in [0.3, 0.4) is 0 Å². The van der Waals surface area contributed by atoms with Crippen LogP contribution in [0.5, 0.6) is 0 Å². The molecule has 1 aromatic carbocycles. The topological polar surface area (TPSA) is 108 Å². The maximum Gasteiger partial charge on any atom is 0.262 e. The highest BCUT2D eigenvalue weighted by atomic mass is 35.5. The van der Waals surface area contributed by atoms with Crippen LogP contribution in [-0.4, -0.2) is 21.1 Å². The normalized spacial score (nSPS) is 12.4. The summed E-state index contributed by atoms with van der Waals surface area (Å²) in [5.41, 5.74) is 0.103. The predicted octanol–water partition coefficient (Wildman–Crippen LogP) is 5.33. The standard InChI is InChI=1S/C29H28ClFN4O4/c1-18-15-33-27(34-11-7-9-23(28(34)37)29(4,5)38)13-25(18)35(17-36)19(2)12-26(20(3)30)39-16-22-21(14-32)8-6-10-24(22)31/h6-13,15,17,38H,16H2,1-5H3/b19-12-,26-20-. The van der Waals surface area contributed by atoms with Crippen LogP contribution in [-0.2, 0) is 21.7 Å². The molecular formula is C29H28ClFN4O4. The molecule has 3 aromatic rings. The fraction of sp³-hybridized carbons (Fsp3) is 0.241. The highest BCUT2D eigenvalue weighted by molar-refractivity contribution is 6.29. The highest BCUT2D eigenvalue weighted by Gasteiger charge is 2.22. The van der Waals surface area contributed by atoms with Crippen molar-refractivity contribution >= 4 is 23.7 Å². The van der Waals surface area contributed by atoms with Gasteiger partial charge >= 0.3 is 0 Å². The second kappa shape index (κ2) is 12.1. The van der Waals surface area contributed by atoms with Gasteiger partial charge in [0.25, 0.3) is 5.56 Å². The highest BCUT2D eigenvalue weighted by Crippen LogP contribution is 2.27. The molecule has 1 amide bonds. The summed E-state index contributed by atoms with van der Waals surface area (Å²) in [6.45, 7) is 7.78. The largest absolute Gasteiger partial charge is 0.487 e. The van der Waals surface area contributed by atoms with Crippen LogP contribution in [0.15, 0.2) is 76.2 Å². The number of carbonyl (C=O) groups excluding carboxylic acids is 1. The zero-order chi connectivity index (χ0) is 28.9. The van der Waals surface area contributed by atoms with Gasteiger partial charge in [-0.1, -0.05) is 17.7 Å². The number of aryl methyl sites for hydroxylation is 1. The second-order valence-corrected chi connectivity index (χ2v) is 9.88. The van der Waals surface area contributed by atoms with E-state index >= 15 is 0 Å². The van der Waals surface area contributed by atoms with Crippen molar-refractivity contribution < 1.29 is 19.0 Å². The minimum Gasteiger partial charge on any atom is -0.487 e. The second-order valence-electron chi connectivity index (χ2n) is 9.31. The maximum atomic E-state index is 14.3. The first-order chi connectivity index (χ1) is 18.4. The van der Waals surface area contributed by atoms with E-state index in [1.54, 1.807) is 39.0 Å². The molecule has 202 valence electrons. The van der Waals surface area contributed by atoms with Crippen LogP contribution in [0, 0.1) is 24.1 Å². The molecule has 3 rings (SSSR count). The Morgan fingerprint density at radius 1 is 1.31 bits per heavy atom. The third-order valence-corrected chi connectivity index (χ3v) is 6.14. The van der Waals surface area contributed by atoms with Gasteiger partial charge in [-0.3, -0.25) is 19.1 Å². The summed E-state index contributed by atoms with van der Waals surface area (Å²) < 4.78 is 21.3. The first kappa shape index (κ1) is 29.3. The molecule has 0 aliphatic heterocycles. The molecule has 0 aliphatic carbocycles. The Kier molecular flexibility index (Phi) is 9.07. The molecule has 39 heavy (non-hydrogen) atoms. The smallest absolute Gasteiger partial charge is 0.262 e. The van der Waals surface area contributed by atoms with Crippen LogP contribution in [0.2, 0.25) is 0 Å². The lowest BCUT2D eigenvalue weighted by Gasteiger charge is -2.22. The van der Waals surface area contributed by atoms with Gasteiger partial charge in [-0.15, -0.1) is 0 Å². The van der Waals surface area contributed by atoms with E-state index < -0.39 is 17.0 Å². The molecule has 0 atom stereocenters. The Morgan fingerprint density at radius 2 is 2.03 bits per heavy atom. The van der Waals surface area contributed by atoms with Crippen molar-refractivity contribution in [3.05, 3.63) is 110 Å². The molecule has 2 aromatic heterocycles. The van der Waals surface area contributed by atoms with Crippen LogP contribution in [0.4, 0.5) is 10.1 Å². The van der Waals surface area contributed by atoms with E-state index in [4.69, 9.17) is 16.3 Å². The monoisotopic (exact) mass is 550 g/mol. The van der Waals surface area contributed by atoms with Gasteiger partial charge < -0.3 is 9.84 Å². The molecular weight excluding hydrogens is 523 g/mol. The lowest BCUT2D eigenvalue weighted by atomic mass is 10.0. The fourth-order valence-corrected chi connectivity index (χ4v) is 3.93. The number of aromatic nitrogens is 2. The zero-order valence-corrected chi connectivity index (χ0v) is 23.0. The van der Waals surface area contributed by atoms with Gasteiger partial charge in [0.15, 0.2) is 0 Å². The van der Waals surface area contributed by atoms with E-state index in [1.807, 2.05) is 6.07 Å². The van der Waals surface area contributed by atoms with Gasteiger partial charge in [0.2, 0.25) is 6.41 Å². The van der Waals surface area contributed by atoms with Crippen molar-refractivity contribution in [1.82, 2.24) is 9.55 Å². The van der Waals surface area contributed by atoms with Crippen molar-refractivity contribution in [2.75, 3.05) is 4.90 Å². The number of pyridine rings is 2. The van der Waals surface area contributed by atoms with Crippen LogP contribution in [0.1, 0.15) is 49.9 Å². The average Bonchev–Trinajstić information content (AvgIpc) is 2.87. The fourth-order valence-electron chi connectivity index (χ4n) is 3.82. The number of halogens is 2. The summed E-state index contributed by atoms with van der Waals surface area (Å²) in [6.07, 6.45) is 5.17. The van der Waals surface area contributed by atoms with Crippen molar-refractivity contribution in [1.29, 1.82) is 5.26 Å². The van der Waals surface area contributed by atoms with Gasteiger partial charge in [0.05, 0.1) is 28.0 Å². The van der Waals surface area contributed by atoms with Crippen LogP contribution >= 0.6 is 11.6 Å². The number of anilines is 1. The number of ether oxygens (including phenoxy) is 1. The van der Waals surface area contributed by atoms with Gasteiger partial charge in [-0.05, 0) is 64.4 Å². The summed E-state index contributed by atoms with van der Waals surface area (Å²) in [6, 6.07) is 10.8. The summed E-state index contributed by atoms with van der Waals surface area (Å²) in [7, 11) is 0. The molecule has 0 fully saturated rings. The van der Waals surface area contributed by atoms with E-state index in [2.05, 4.69) is 4.98 Å². The maximum absolute atomic E-state index is 14.3. The number of allylic oxidation sites excluding steroid dienone is 3. The van der Waals surface area contributed by atoms with Gasteiger partial charge in [0.1, 0.15) is 24.0 Å². The number of hydrogen-bond donors (Lipinski definition) is 1. The Morgan fingerprint density at radius 3 is 2.64 bits per heavy atom. The molecule has 2 heterocycles. The molecule has 0 saturated carbocycles. The Hall–Kier alpha value is -4.26. The number of amides is 1. The first-order valence-electron chi connectivity index (χ1n) is 11.9. The van der Waals surface area contributed by atoms with Crippen LogP contribution < -0.4 is 10.5 Å². The summed E-state index contributed by atoms with van der Waals surface area (Å²) in [4.78, 5) is 31.0. The Bertz CT molecular complexity index is 1560. The van der Waals surface area contributed by atoms with Gasteiger partial charge in [-0.2, -0.15) is 5.26 Å². The molecule has 0 unspecified atom stereocenters. The molecule has 0 bridgehead atoms. The summed E-state index contributed by atoms with van der Waals surface area (Å²) >= 11 is 6.24. The lowest BCUT2D eigenvalue weighted by molar-refractivity contribution is -0.107. The molecule has 8 nitrogen and oxygen atoms in total. The number of rotatable bonds is 9. The zero-order valence-electron chi connectivity index (χ0n) is 22.2. The molecule has 0 saturated heterocycles. The minimum atomic E-state index is -1.36. The van der Waals surface area contributed by atoms with E-state index in [0.717, 1.165) is 0 Å². The molecule has 1 N–H and O–H groups in total. The third-order valence-electron chi connectivity index (χ3n) is 5.95. The lowest BCUT2D eigenvalue weighted by Crippen LogP contribution is -2.31. The number of hydrogen-bond acceptors (Lipinski definition) is 6. The van der Waals surface area contributed by atoms with E-state index in [1.165, 1.54) is 60.0 Å². The SMILES string of the molecule is C/C(=C/C(OCc1c(F)cccc1C#N)=C(\C)Cl)N(C=O)c1cc(-n2cccc(C(C)(C)O)c2=O)ncc1C. The van der Waals surface area contributed by atoms with E-state index in [-0.39, 0.29) is 39.9 Å². The molecule has 0 aliphatic rings. The first-order valence-corrected chi connectivity index (χ1v) is 12.3. The number of nitriles is 1. The van der Waals surface area contributed by atoms with Crippen molar-refractivity contribution in [2.24, 2.45) is 0 Å². The number of carbonyl (C=O) groups is 1. The van der Waals surface area contributed by atoms with Gasteiger partial charge in [-0.25, -0.2) is 9.37 Å². The molecule has 0 spiro atoms. The van der Waals surface area contributed by atoms with E-state index in [0.29, 0.717) is 23.4 Å². The Balaban J connectivity index is 1.99. The van der Waals surface area contributed by atoms with Gasteiger partial charge in [0, 0.05) is 41.4 Å².